The summed E-state index contributed by atoms with van der Waals surface area (Å²) in [6, 6.07) is 16.1. The Hall–Kier alpha value is -2.81. The Balaban J connectivity index is 1.39. The van der Waals surface area contributed by atoms with Gasteiger partial charge in [0.1, 0.15) is 5.82 Å². The maximum absolute atomic E-state index is 15.2. The van der Waals surface area contributed by atoms with Gasteiger partial charge in [-0.15, -0.1) is 0 Å². The largest absolute Gasteiger partial charge is 0.206 e. The van der Waals surface area contributed by atoms with Gasteiger partial charge >= 0.3 is 0 Å². The van der Waals surface area contributed by atoms with E-state index in [0.29, 0.717) is 23.1 Å². The van der Waals surface area contributed by atoms with Gasteiger partial charge in [-0.3, -0.25) is 0 Å². The molecule has 0 amide bonds. The lowest BCUT2D eigenvalue weighted by Gasteiger charge is -2.22. The molecule has 4 rings (SSSR count). The summed E-state index contributed by atoms with van der Waals surface area (Å²) in [5.74, 6) is -1.01. The van der Waals surface area contributed by atoms with Crippen LogP contribution in [0.2, 0.25) is 0 Å². The summed E-state index contributed by atoms with van der Waals surface area (Å²) in [5, 5.41) is 0. The van der Waals surface area contributed by atoms with E-state index in [1.54, 1.807) is 30.3 Å². The fraction of sp³-hybridized carbons (Fsp3) is 0.459. The molecular formula is C37H45F3. The van der Waals surface area contributed by atoms with Crippen molar-refractivity contribution in [3.63, 3.8) is 0 Å². The average molecular weight is 547 g/mol. The fourth-order valence-electron chi connectivity index (χ4n) is 5.98. The number of rotatable bonds is 14. The van der Waals surface area contributed by atoms with Gasteiger partial charge < -0.3 is 0 Å². The molecule has 0 bridgehead atoms. The van der Waals surface area contributed by atoms with E-state index in [0.717, 1.165) is 61.1 Å². The zero-order chi connectivity index (χ0) is 28.3. The highest BCUT2D eigenvalue weighted by molar-refractivity contribution is 5.74. The second kappa shape index (κ2) is 15.3. The molecule has 1 aliphatic rings. The molecule has 3 aromatic rings. The van der Waals surface area contributed by atoms with Crippen LogP contribution in [-0.2, 0) is 6.42 Å². The van der Waals surface area contributed by atoms with E-state index in [2.05, 4.69) is 19.9 Å². The van der Waals surface area contributed by atoms with Crippen LogP contribution in [0.15, 0.2) is 60.7 Å². The fourth-order valence-corrected chi connectivity index (χ4v) is 5.98. The first kappa shape index (κ1) is 30.2. The molecule has 0 saturated carbocycles. The number of unbranched alkanes of at least 4 members (excludes halogenated alkanes) is 7. The summed E-state index contributed by atoms with van der Waals surface area (Å²) in [7, 11) is 0. The third kappa shape index (κ3) is 7.89. The van der Waals surface area contributed by atoms with Gasteiger partial charge in [0.25, 0.3) is 0 Å². The molecule has 1 unspecified atom stereocenters. The molecule has 0 N–H and O–H groups in total. The molecule has 1 atom stereocenters. The number of allylic oxidation sites excluding steroid dienone is 2. The van der Waals surface area contributed by atoms with Gasteiger partial charge in [0.05, 0.1) is 0 Å². The van der Waals surface area contributed by atoms with Gasteiger partial charge in [0, 0.05) is 11.1 Å². The number of benzene rings is 3. The highest BCUT2D eigenvalue weighted by Gasteiger charge is 2.18. The minimum absolute atomic E-state index is 0.202. The van der Waals surface area contributed by atoms with Crippen LogP contribution in [0.1, 0.15) is 108 Å². The lowest BCUT2D eigenvalue weighted by molar-refractivity contribution is 0.427. The Morgan fingerprint density at radius 2 is 1.30 bits per heavy atom. The number of hydrogen-bond donors (Lipinski definition) is 0. The van der Waals surface area contributed by atoms with Gasteiger partial charge in [-0.25, -0.2) is 13.2 Å². The van der Waals surface area contributed by atoms with Crippen molar-refractivity contribution in [3.8, 4) is 22.3 Å². The minimum Gasteiger partial charge on any atom is -0.206 e. The van der Waals surface area contributed by atoms with Gasteiger partial charge in [-0.05, 0) is 71.9 Å². The average Bonchev–Trinajstić information content (AvgIpc) is 2.98. The Morgan fingerprint density at radius 1 is 0.650 bits per heavy atom. The van der Waals surface area contributed by atoms with Gasteiger partial charge in [-0.2, -0.15) is 0 Å². The number of hydrogen-bond acceptors (Lipinski definition) is 0. The van der Waals surface area contributed by atoms with Crippen molar-refractivity contribution in [1.82, 2.24) is 0 Å². The Kier molecular flexibility index (Phi) is 11.5. The van der Waals surface area contributed by atoms with Crippen LogP contribution >= 0.6 is 0 Å². The normalized spacial score (nSPS) is 15.3. The molecule has 0 radical (unpaired) electrons. The van der Waals surface area contributed by atoms with E-state index in [1.165, 1.54) is 44.9 Å². The molecule has 214 valence electrons. The Labute approximate surface area is 239 Å². The van der Waals surface area contributed by atoms with Crippen molar-refractivity contribution >= 4 is 5.57 Å². The van der Waals surface area contributed by atoms with Gasteiger partial charge in [0.15, 0.2) is 11.6 Å². The van der Waals surface area contributed by atoms with Crippen molar-refractivity contribution in [1.29, 1.82) is 0 Å². The molecule has 1 aliphatic carbocycles. The zero-order valence-corrected chi connectivity index (χ0v) is 24.4. The Morgan fingerprint density at radius 3 is 2.00 bits per heavy atom. The van der Waals surface area contributed by atoms with Crippen LogP contribution in [0.25, 0.3) is 27.8 Å². The van der Waals surface area contributed by atoms with Crippen LogP contribution < -0.4 is 0 Å². The van der Waals surface area contributed by atoms with Crippen molar-refractivity contribution in [2.75, 3.05) is 0 Å². The van der Waals surface area contributed by atoms with Crippen LogP contribution in [0.3, 0.4) is 0 Å². The molecule has 3 heteroatoms. The van der Waals surface area contributed by atoms with Crippen LogP contribution in [0, 0.1) is 23.4 Å². The quantitative estimate of drug-likeness (QED) is 0.176. The predicted molar refractivity (Wildman–Crippen MR) is 164 cm³/mol. The predicted octanol–water partition coefficient (Wildman–Crippen LogP) is 12.1. The molecule has 0 fully saturated rings. The van der Waals surface area contributed by atoms with Gasteiger partial charge in [0.2, 0.25) is 0 Å². The lowest BCUT2D eigenvalue weighted by Crippen LogP contribution is -2.06. The summed E-state index contributed by atoms with van der Waals surface area (Å²) in [5.41, 5.74) is 4.77. The van der Waals surface area contributed by atoms with E-state index in [9.17, 15) is 8.78 Å². The second-order valence-electron chi connectivity index (χ2n) is 11.6. The molecule has 0 nitrogen and oxygen atoms in total. The van der Waals surface area contributed by atoms with Crippen LogP contribution in [-0.4, -0.2) is 0 Å². The molecule has 0 aromatic heterocycles. The lowest BCUT2D eigenvalue weighted by atomic mass is 9.83. The highest BCUT2D eigenvalue weighted by Crippen LogP contribution is 2.35. The number of halogens is 3. The highest BCUT2D eigenvalue weighted by atomic mass is 19.2. The SMILES string of the molecule is CCCCCCCCc1ccc(-c2ccc(-c3ccc(C4=CCC(CCCCC)CC4)c(F)c3)cc2)c(F)c1F. The first-order chi connectivity index (χ1) is 19.5. The van der Waals surface area contributed by atoms with Crippen LogP contribution in [0.5, 0.6) is 0 Å². The molecule has 0 heterocycles. The van der Waals surface area contributed by atoms with E-state index >= 15 is 4.39 Å². The molecule has 40 heavy (non-hydrogen) atoms. The third-order valence-corrected chi connectivity index (χ3v) is 8.54. The maximum atomic E-state index is 15.2. The van der Waals surface area contributed by atoms with Crippen molar-refractivity contribution in [2.24, 2.45) is 5.92 Å². The molecule has 3 aromatic carbocycles. The summed E-state index contributed by atoms with van der Waals surface area (Å²) >= 11 is 0. The monoisotopic (exact) mass is 546 g/mol. The van der Waals surface area contributed by atoms with Crippen molar-refractivity contribution in [2.45, 2.75) is 104 Å². The van der Waals surface area contributed by atoms with Crippen molar-refractivity contribution in [3.05, 3.63) is 89.3 Å². The Bertz CT molecular complexity index is 1260. The summed E-state index contributed by atoms with van der Waals surface area (Å²) in [6.07, 6.45) is 17.7. The summed E-state index contributed by atoms with van der Waals surface area (Å²) < 4.78 is 45.0. The first-order valence-corrected chi connectivity index (χ1v) is 15.6. The second-order valence-corrected chi connectivity index (χ2v) is 11.6. The molecule has 0 saturated heterocycles. The zero-order valence-electron chi connectivity index (χ0n) is 24.4. The smallest absolute Gasteiger partial charge is 0.166 e. The summed E-state index contributed by atoms with van der Waals surface area (Å²) in [4.78, 5) is 0. The minimum atomic E-state index is -0.792. The summed E-state index contributed by atoms with van der Waals surface area (Å²) in [6.45, 7) is 4.42. The first-order valence-electron chi connectivity index (χ1n) is 15.6. The molecular weight excluding hydrogens is 501 g/mol. The van der Waals surface area contributed by atoms with E-state index in [-0.39, 0.29) is 11.4 Å². The third-order valence-electron chi connectivity index (χ3n) is 8.54. The standard InChI is InChI=1S/C37H45F3/c1-3-5-7-8-9-11-13-31-22-25-34(37(40)36(31)39)30-20-18-28(19-21-30)32-23-24-33(35(38)26-32)29-16-14-27(15-17-29)12-10-6-4-2/h16,18-27H,3-15,17H2,1-2H3. The van der Waals surface area contributed by atoms with Gasteiger partial charge in [-0.1, -0.05) is 126 Å². The van der Waals surface area contributed by atoms with E-state index in [1.807, 2.05) is 24.3 Å². The molecule has 0 spiro atoms. The van der Waals surface area contributed by atoms with Crippen LogP contribution in [0.4, 0.5) is 13.2 Å². The van der Waals surface area contributed by atoms with Crippen molar-refractivity contribution < 1.29 is 13.2 Å². The van der Waals surface area contributed by atoms with E-state index in [4.69, 9.17) is 0 Å². The maximum Gasteiger partial charge on any atom is 0.166 e. The molecule has 0 aliphatic heterocycles. The van der Waals surface area contributed by atoms with E-state index < -0.39 is 11.6 Å². The number of aryl methyl sites for hydroxylation is 1. The topological polar surface area (TPSA) is 0 Å².